The highest BCUT2D eigenvalue weighted by molar-refractivity contribution is 5.82. The highest BCUT2D eigenvalue weighted by Crippen LogP contribution is 2.38. The fourth-order valence-corrected chi connectivity index (χ4v) is 2.48. The van der Waals surface area contributed by atoms with E-state index < -0.39 is 0 Å². The van der Waals surface area contributed by atoms with Crippen LogP contribution in [0.1, 0.15) is 38.5 Å². The van der Waals surface area contributed by atoms with Gasteiger partial charge in [-0.1, -0.05) is 0 Å². The summed E-state index contributed by atoms with van der Waals surface area (Å²) in [5, 5.41) is 0. The van der Waals surface area contributed by atoms with Gasteiger partial charge < -0.3 is 0 Å². The molecule has 0 atom stereocenters. The minimum absolute atomic E-state index is 0.897. The molecule has 0 bridgehead atoms. The lowest BCUT2D eigenvalue weighted by atomic mass is 9.99. The molecule has 0 spiro atoms. The van der Waals surface area contributed by atoms with Crippen LogP contribution in [0.3, 0.4) is 0 Å². The Balaban J connectivity index is 2.38. The molecule has 0 amide bonds. The van der Waals surface area contributed by atoms with E-state index >= 15 is 0 Å². The molecule has 2 aliphatic carbocycles. The largest absolute Gasteiger partial charge is 0.298 e. The van der Waals surface area contributed by atoms with Crippen LogP contribution in [0.15, 0.2) is 22.3 Å². The Kier molecular flexibility index (Phi) is 2.62. The Bertz CT molecular complexity index is 300. The number of aldehydes is 2. The van der Waals surface area contributed by atoms with Crippen molar-refractivity contribution in [3.63, 3.8) is 0 Å². The Morgan fingerprint density at radius 3 is 1.50 bits per heavy atom. The molecular formula is C12H14O2. The van der Waals surface area contributed by atoms with Crippen LogP contribution in [-0.2, 0) is 9.59 Å². The number of carbonyl (C=O) groups is 2. The smallest absolute Gasteiger partial charge is 0.146 e. The lowest BCUT2D eigenvalue weighted by molar-refractivity contribution is -0.105. The second-order valence-corrected chi connectivity index (χ2v) is 3.95. The average Bonchev–Trinajstić information content (AvgIpc) is 2.85. The highest BCUT2D eigenvalue weighted by Gasteiger charge is 2.22. The maximum Gasteiger partial charge on any atom is 0.146 e. The van der Waals surface area contributed by atoms with E-state index in [-0.39, 0.29) is 0 Å². The maximum atomic E-state index is 10.8. The van der Waals surface area contributed by atoms with E-state index in [1.165, 1.54) is 11.1 Å². The molecule has 0 aromatic carbocycles. The Labute approximate surface area is 83.7 Å². The van der Waals surface area contributed by atoms with E-state index in [0.29, 0.717) is 0 Å². The van der Waals surface area contributed by atoms with E-state index in [9.17, 15) is 9.59 Å². The second-order valence-electron chi connectivity index (χ2n) is 3.95. The molecule has 0 radical (unpaired) electrons. The first-order chi connectivity index (χ1) is 6.86. The summed E-state index contributed by atoms with van der Waals surface area (Å²) in [5.74, 6) is 0. The van der Waals surface area contributed by atoms with Crippen LogP contribution >= 0.6 is 0 Å². The normalized spacial score (nSPS) is 22.0. The molecule has 0 saturated carbocycles. The summed E-state index contributed by atoms with van der Waals surface area (Å²) in [7, 11) is 0. The summed E-state index contributed by atoms with van der Waals surface area (Å²) in [6, 6.07) is 0. The van der Waals surface area contributed by atoms with Crippen LogP contribution < -0.4 is 0 Å². The zero-order valence-electron chi connectivity index (χ0n) is 8.21. The second kappa shape index (κ2) is 3.91. The fraction of sp³-hybridized carbons (Fsp3) is 0.500. The fourth-order valence-electron chi connectivity index (χ4n) is 2.48. The zero-order chi connectivity index (χ0) is 9.97. The topological polar surface area (TPSA) is 34.1 Å². The standard InChI is InChI=1S/C12H14O2/c13-7-9-3-1-5-11(9)12-6-2-4-10(12)8-14/h7-8H,1-6H2. The number of hydrogen-bond donors (Lipinski definition) is 0. The van der Waals surface area contributed by atoms with Gasteiger partial charge >= 0.3 is 0 Å². The van der Waals surface area contributed by atoms with Crippen molar-refractivity contribution in [3.8, 4) is 0 Å². The SMILES string of the molecule is O=CC1=C(C2=C(C=O)CCC2)CCC1. The number of rotatable bonds is 3. The van der Waals surface area contributed by atoms with Crippen LogP contribution in [0.5, 0.6) is 0 Å². The van der Waals surface area contributed by atoms with Gasteiger partial charge in [-0.3, -0.25) is 9.59 Å². The van der Waals surface area contributed by atoms with Gasteiger partial charge in [0.25, 0.3) is 0 Å². The molecule has 2 aliphatic rings. The third-order valence-electron chi connectivity index (χ3n) is 3.17. The molecule has 0 aromatic rings. The predicted octanol–water partition coefficient (Wildman–Crippen LogP) is 2.35. The molecule has 0 heterocycles. The van der Waals surface area contributed by atoms with Crippen molar-refractivity contribution >= 4 is 12.6 Å². The van der Waals surface area contributed by atoms with Crippen molar-refractivity contribution in [3.05, 3.63) is 22.3 Å². The lowest BCUT2D eigenvalue weighted by Crippen LogP contribution is -1.92. The Hall–Kier alpha value is -1.18. The summed E-state index contributed by atoms with van der Waals surface area (Å²) in [4.78, 5) is 21.6. The summed E-state index contributed by atoms with van der Waals surface area (Å²) in [6.07, 6.45) is 7.84. The quantitative estimate of drug-likeness (QED) is 0.640. The van der Waals surface area contributed by atoms with Gasteiger partial charge in [0, 0.05) is 0 Å². The summed E-state index contributed by atoms with van der Waals surface area (Å²) in [6.45, 7) is 0. The van der Waals surface area contributed by atoms with Crippen molar-refractivity contribution in [2.75, 3.05) is 0 Å². The first kappa shape index (κ1) is 9.38. The third kappa shape index (κ3) is 1.45. The van der Waals surface area contributed by atoms with E-state index in [1.807, 2.05) is 0 Å². The Morgan fingerprint density at radius 2 is 1.14 bits per heavy atom. The molecule has 2 nitrogen and oxygen atoms in total. The van der Waals surface area contributed by atoms with Gasteiger partial charge in [0.15, 0.2) is 0 Å². The van der Waals surface area contributed by atoms with Crippen molar-refractivity contribution in [2.45, 2.75) is 38.5 Å². The first-order valence-electron chi connectivity index (χ1n) is 5.21. The van der Waals surface area contributed by atoms with Crippen molar-refractivity contribution < 1.29 is 9.59 Å². The van der Waals surface area contributed by atoms with Crippen molar-refractivity contribution in [1.29, 1.82) is 0 Å². The van der Waals surface area contributed by atoms with E-state index in [1.54, 1.807) is 0 Å². The molecule has 0 N–H and O–H groups in total. The molecule has 0 saturated heterocycles. The van der Waals surface area contributed by atoms with Crippen LogP contribution in [0.2, 0.25) is 0 Å². The predicted molar refractivity (Wildman–Crippen MR) is 53.9 cm³/mol. The maximum absolute atomic E-state index is 10.8. The molecule has 2 rings (SSSR count). The molecular weight excluding hydrogens is 176 g/mol. The molecule has 0 fully saturated rings. The van der Waals surface area contributed by atoms with Gasteiger partial charge in [0.2, 0.25) is 0 Å². The molecule has 0 unspecified atom stereocenters. The number of allylic oxidation sites excluding steroid dienone is 4. The van der Waals surface area contributed by atoms with Crippen LogP contribution in [0, 0.1) is 0 Å². The third-order valence-corrected chi connectivity index (χ3v) is 3.17. The van der Waals surface area contributed by atoms with Gasteiger partial charge in [-0.25, -0.2) is 0 Å². The van der Waals surface area contributed by atoms with E-state index in [2.05, 4.69) is 0 Å². The first-order valence-corrected chi connectivity index (χ1v) is 5.21. The average molecular weight is 190 g/mol. The molecule has 74 valence electrons. The summed E-state index contributed by atoms with van der Waals surface area (Å²) < 4.78 is 0. The van der Waals surface area contributed by atoms with Crippen LogP contribution in [0.25, 0.3) is 0 Å². The van der Waals surface area contributed by atoms with Crippen molar-refractivity contribution in [1.82, 2.24) is 0 Å². The molecule has 0 aliphatic heterocycles. The summed E-state index contributed by atoms with van der Waals surface area (Å²) >= 11 is 0. The van der Waals surface area contributed by atoms with Crippen LogP contribution in [-0.4, -0.2) is 12.6 Å². The molecule has 0 aromatic heterocycles. The molecule has 14 heavy (non-hydrogen) atoms. The minimum Gasteiger partial charge on any atom is -0.298 e. The number of hydrogen-bond acceptors (Lipinski definition) is 2. The van der Waals surface area contributed by atoms with Gasteiger partial charge in [0.1, 0.15) is 12.6 Å². The van der Waals surface area contributed by atoms with Crippen LogP contribution in [0.4, 0.5) is 0 Å². The zero-order valence-corrected chi connectivity index (χ0v) is 8.21. The van der Waals surface area contributed by atoms with Crippen molar-refractivity contribution in [2.24, 2.45) is 0 Å². The Morgan fingerprint density at radius 1 is 0.714 bits per heavy atom. The van der Waals surface area contributed by atoms with Gasteiger partial charge in [-0.05, 0) is 60.8 Å². The highest BCUT2D eigenvalue weighted by atomic mass is 16.1. The lowest BCUT2D eigenvalue weighted by Gasteiger charge is -2.05. The number of carbonyl (C=O) groups excluding carboxylic acids is 2. The minimum atomic E-state index is 0.897. The van der Waals surface area contributed by atoms with Gasteiger partial charge in [0.05, 0.1) is 0 Å². The van der Waals surface area contributed by atoms with E-state index in [4.69, 9.17) is 0 Å². The van der Waals surface area contributed by atoms with Gasteiger partial charge in [-0.2, -0.15) is 0 Å². The van der Waals surface area contributed by atoms with E-state index in [0.717, 1.165) is 62.2 Å². The monoisotopic (exact) mass is 190 g/mol. The molecule has 2 heteroatoms. The van der Waals surface area contributed by atoms with Gasteiger partial charge in [-0.15, -0.1) is 0 Å². The summed E-state index contributed by atoms with van der Waals surface area (Å²) in [5.41, 5.74) is 4.22.